The van der Waals surface area contributed by atoms with Gasteiger partial charge in [-0.1, -0.05) is 11.6 Å². The molecule has 0 radical (unpaired) electrons. The molecule has 1 aromatic carbocycles. The maximum Gasteiger partial charge on any atom is 0.234 e. The first-order valence-electron chi connectivity index (χ1n) is 12.0. The Morgan fingerprint density at radius 3 is 2.42 bits per heavy atom. The van der Waals surface area contributed by atoms with Crippen molar-refractivity contribution < 1.29 is 29.0 Å². The molecule has 1 N–H and O–H groups in total. The maximum absolute atomic E-state index is 13.7. The Balaban J connectivity index is 1.72. The summed E-state index contributed by atoms with van der Waals surface area (Å²) in [6.07, 6.45) is 3.97. The van der Waals surface area contributed by atoms with E-state index in [9.17, 15) is 24.3 Å². The number of methoxy groups -OCH3 is 1. The number of phenolic OH excluding ortho intramolecular Hbond substituents is 1. The molecule has 1 aromatic rings. The number of phenols is 1. The highest BCUT2D eigenvalue weighted by Gasteiger charge is 2.58. The van der Waals surface area contributed by atoms with E-state index >= 15 is 0 Å². The van der Waals surface area contributed by atoms with Crippen molar-refractivity contribution in [3.05, 3.63) is 56.6 Å². The van der Waals surface area contributed by atoms with Gasteiger partial charge in [0.2, 0.25) is 11.8 Å². The van der Waals surface area contributed by atoms with E-state index in [1.165, 1.54) is 18.1 Å². The molecule has 4 atom stereocenters. The first-order chi connectivity index (χ1) is 16.9. The Bertz CT molecular complexity index is 1340. The summed E-state index contributed by atoms with van der Waals surface area (Å²) in [5, 5.41) is 10.4. The van der Waals surface area contributed by atoms with Crippen LogP contribution in [-0.2, 0) is 19.2 Å². The smallest absolute Gasteiger partial charge is 0.234 e. The quantitative estimate of drug-likeness (QED) is 0.331. The largest absolute Gasteiger partial charge is 0.503 e. The zero-order chi connectivity index (χ0) is 26.3. The van der Waals surface area contributed by atoms with Crippen molar-refractivity contribution in [1.29, 1.82) is 0 Å². The van der Waals surface area contributed by atoms with Crippen molar-refractivity contribution in [1.82, 2.24) is 4.90 Å². The van der Waals surface area contributed by atoms with Gasteiger partial charge in [-0.05, 0) is 86.2 Å². The van der Waals surface area contributed by atoms with Crippen LogP contribution >= 0.6 is 15.9 Å². The fourth-order valence-electron chi connectivity index (χ4n) is 6.32. The molecule has 2 amide bonds. The Labute approximate surface area is 218 Å². The van der Waals surface area contributed by atoms with Crippen LogP contribution in [0, 0.1) is 17.8 Å². The van der Waals surface area contributed by atoms with Gasteiger partial charge in [0.15, 0.2) is 23.1 Å². The van der Waals surface area contributed by atoms with E-state index in [0.717, 1.165) is 5.57 Å². The summed E-state index contributed by atoms with van der Waals surface area (Å²) in [7, 11) is 1.44. The summed E-state index contributed by atoms with van der Waals surface area (Å²) >= 11 is 3.38. The standard InChI is InChI=1S/C28H28BrNO6/c1-12-8-19(31)17-11-16-14(6-7-15-22(16)27(35)30(26(15)34)28(2,3)4)21(23(17)24(12)32)13-9-18(29)25(33)20(10-13)36-5/h6,8-10,15-16,21-22,33H,7,11H2,1-5H3/t15-,16+,21-,22-/m0/s1. The van der Waals surface area contributed by atoms with Crippen LogP contribution in [-0.4, -0.2) is 46.0 Å². The van der Waals surface area contributed by atoms with Crippen molar-refractivity contribution >= 4 is 39.3 Å². The molecule has 1 saturated heterocycles. The maximum atomic E-state index is 13.7. The van der Waals surface area contributed by atoms with Gasteiger partial charge in [-0.3, -0.25) is 24.1 Å². The molecule has 36 heavy (non-hydrogen) atoms. The average molecular weight is 554 g/mol. The van der Waals surface area contributed by atoms with E-state index in [-0.39, 0.29) is 41.3 Å². The number of fused-ring (bicyclic) bond motifs is 3. The lowest BCUT2D eigenvalue weighted by molar-refractivity contribution is -0.145. The highest BCUT2D eigenvalue weighted by atomic mass is 79.9. The first-order valence-corrected chi connectivity index (χ1v) is 12.8. The van der Waals surface area contributed by atoms with E-state index in [0.29, 0.717) is 33.2 Å². The number of imide groups is 1. The minimum atomic E-state index is -0.657. The predicted octanol–water partition coefficient (Wildman–Crippen LogP) is 4.39. The van der Waals surface area contributed by atoms with Gasteiger partial charge in [-0.2, -0.15) is 0 Å². The minimum absolute atomic E-state index is 0.0694. The second kappa shape index (κ2) is 8.26. The molecule has 3 aliphatic carbocycles. The second-order valence-electron chi connectivity index (χ2n) is 11.0. The van der Waals surface area contributed by atoms with Crippen LogP contribution in [0.3, 0.4) is 0 Å². The number of halogens is 1. The Morgan fingerprint density at radius 1 is 1.08 bits per heavy atom. The topological polar surface area (TPSA) is 101 Å². The van der Waals surface area contributed by atoms with Gasteiger partial charge in [0.25, 0.3) is 0 Å². The van der Waals surface area contributed by atoms with Crippen LogP contribution in [0.25, 0.3) is 0 Å². The molecular formula is C28H28BrNO6. The Morgan fingerprint density at radius 2 is 1.78 bits per heavy atom. The summed E-state index contributed by atoms with van der Waals surface area (Å²) in [6.45, 7) is 7.16. The molecule has 1 heterocycles. The lowest BCUT2D eigenvalue weighted by Gasteiger charge is -2.42. The van der Waals surface area contributed by atoms with E-state index in [2.05, 4.69) is 15.9 Å². The van der Waals surface area contributed by atoms with Gasteiger partial charge in [-0.25, -0.2) is 0 Å². The summed E-state index contributed by atoms with van der Waals surface area (Å²) in [6, 6.07) is 3.39. The average Bonchev–Trinajstić information content (AvgIpc) is 3.08. The molecule has 0 unspecified atom stereocenters. The summed E-state index contributed by atoms with van der Waals surface area (Å²) in [5.41, 5.74) is 2.05. The SMILES string of the molecule is COc1cc([C@H]2C3=CC[C@@H]4C(=O)N(C(C)(C)C)C(=O)[C@@H]4[C@@H]3CC3=C2C(=O)C(C)=CC3=O)cc(Br)c1O. The van der Waals surface area contributed by atoms with E-state index < -0.39 is 29.2 Å². The molecule has 0 saturated carbocycles. The van der Waals surface area contributed by atoms with Gasteiger partial charge in [0, 0.05) is 28.2 Å². The van der Waals surface area contributed by atoms with Crippen molar-refractivity contribution in [3.63, 3.8) is 0 Å². The number of carbonyl (C=O) groups is 4. The summed E-state index contributed by atoms with van der Waals surface area (Å²) < 4.78 is 5.76. The number of hydrogen-bond donors (Lipinski definition) is 1. The number of likely N-dealkylation sites (tertiary alicyclic amines) is 1. The predicted molar refractivity (Wildman–Crippen MR) is 135 cm³/mol. The Kier molecular flexibility index (Phi) is 5.67. The number of ketones is 2. The number of hydrogen-bond acceptors (Lipinski definition) is 6. The third-order valence-electron chi connectivity index (χ3n) is 7.84. The molecule has 4 aliphatic rings. The normalized spacial score (nSPS) is 28.0. The van der Waals surface area contributed by atoms with Gasteiger partial charge >= 0.3 is 0 Å². The number of benzene rings is 1. The zero-order valence-corrected chi connectivity index (χ0v) is 22.4. The number of nitrogens with zero attached hydrogens (tertiary/aromatic N) is 1. The molecular weight excluding hydrogens is 526 g/mol. The highest BCUT2D eigenvalue weighted by Crippen LogP contribution is 2.56. The highest BCUT2D eigenvalue weighted by molar-refractivity contribution is 9.10. The van der Waals surface area contributed by atoms with Crippen LogP contribution in [0.4, 0.5) is 0 Å². The molecule has 1 fully saturated rings. The second-order valence-corrected chi connectivity index (χ2v) is 11.8. The number of allylic oxidation sites excluding steroid dienone is 6. The number of Topliss-reactive ketones (excluding diaryl/α,β-unsaturated/α-hetero) is 1. The molecule has 0 aromatic heterocycles. The molecule has 7 nitrogen and oxygen atoms in total. The van der Waals surface area contributed by atoms with Gasteiger partial charge in [0.05, 0.1) is 23.4 Å². The van der Waals surface area contributed by atoms with Crippen LogP contribution in [0.15, 0.2) is 51.0 Å². The zero-order valence-electron chi connectivity index (χ0n) is 20.8. The lowest BCUT2D eigenvalue weighted by Crippen LogP contribution is -2.46. The number of aromatic hydroxyl groups is 1. The van der Waals surface area contributed by atoms with E-state index in [4.69, 9.17) is 4.74 Å². The fourth-order valence-corrected chi connectivity index (χ4v) is 6.78. The van der Waals surface area contributed by atoms with Crippen LogP contribution in [0.2, 0.25) is 0 Å². The fraction of sp³-hybridized carbons (Fsp3) is 0.429. The number of ether oxygens (including phenoxy) is 1. The minimum Gasteiger partial charge on any atom is -0.503 e. The van der Waals surface area contributed by atoms with E-state index in [1.54, 1.807) is 19.1 Å². The third-order valence-corrected chi connectivity index (χ3v) is 8.44. The van der Waals surface area contributed by atoms with E-state index in [1.807, 2.05) is 26.8 Å². The summed E-state index contributed by atoms with van der Waals surface area (Å²) in [5.74, 6) is -2.75. The molecule has 0 bridgehead atoms. The van der Waals surface area contributed by atoms with Crippen molar-refractivity contribution in [2.45, 2.75) is 52.0 Å². The van der Waals surface area contributed by atoms with Crippen molar-refractivity contribution in [2.24, 2.45) is 17.8 Å². The monoisotopic (exact) mass is 553 g/mol. The summed E-state index contributed by atoms with van der Waals surface area (Å²) in [4.78, 5) is 55.0. The van der Waals surface area contributed by atoms with Crippen LogP contribution in [0.1, 0.15) is 52.0 Å². The third kappa shape index (κ3) is 3.44. The lowest BCUT2D eigenvalue weighted by atomic mass is 9.59. The number of carbonyl (C=O) groups excluding carboxylic acids is 4. The molecule has 8 heteroatoms. The molecule has 0 spiro atoms. The van der Waals surface area contributed by atoms with Gasteiger partial charge in [-0.15, -0.1) is 0 Å². The Hall–Kier alpha value is -3.00. The van der Waals surface area contributed by atoms with Gasteiger partial charge < -0.3 is 9.84 Å². The van der Waals surface area contributed by atoms with Crippen molar-refractivity contribution in [3.8, 4) is 11.5 Å². The van der Waals surface area contributed by atoms with Crippen molar-refractivity contribution in [2.75, 3.05) is 7.11 Å². The molecule has 5 rings (SSSR count). The molecule has 1 aliphatic heterocycles. The molecule has 188 valence electrons. The first kappa shape index (κ1) is 24.7. The number of rotatable bonds is 2. The van der Waals surface area contributed by atoms with Crippen LogP contribution in [0.5, 0.6) is 11.5 Å². The van der Waals surface area contributed by atoms with Gasteiger partial charge in [0.1, 0.15) is 0 Å². The van der Waals surface area contributed by atoms with Crippen LogP contribution < -0.4 is 4.74 Å². The number of amides is 2.